The first-order valence-corrected chi connectivity index (χ1v) is 8.35. The second-order valence-corrected chi connectivity index (χ2v) is 5.99. The lowest BCUT2D eigenvalue weighted by Gasteiger charge is -2.32. The highest BCUT2D eigenvalue weighted by Crippen LogP contribution is 2.11. The fourth-order valence-electron chi connectivity index (χ4n) is 2.79. The van der Waals surface area contributed by atoms with Gasteiger partial charge in [-0.3, -0.25) is 14.8 Å². The van der Waals surface area contributed by atoms with E-state index in [1.165, 1.54) is 0 Å². The third-order valence-electron chi connectivity index (χ3n) is 4.23. The first-order chi connectivity index (χ1) is 12.2. The normalized spacial score (nSPS) is 14.8. The monoisotopic (exact) mass is 339 g/mol. The standard InChI is InChI=1S/C18H21N5O2/c24-17(15-3-8-19-9-4-15)22-16-5-10-23(11-6-16)18(25)21-13-14-2-1-7-20-12-14/h1-4,7-9,12,16H,5-6,10-11,13H2,(H,21,25)(H,22,24). The van der Waals surface area contributed by atoms with Gasteiger partial charge in [0.2, 0.25) is 0 Å². The van der Waals surface area contributed by atoms with Gasteiger partial charge in [0, 0.05) is 56.0 Å². The molecule has 25 heavy (non-hydrogen) atoms. The van der Waals surface area contributed by atoms with Crippen molar-refractivity contribution in [3.63, 3.8) is 0 Å². The van der Waals surface area contributed by atoms with Crippen LogP contribution in [0.2, 0.25) is 0 Å². The Hall–Kier alpha value is -2.96. The fraction of sp³-hybridized carbons (Fsp3) is 0.333. The molecule has 130 valence electrons. The molecular weight excluding hydrogens is 318 g/mol. The quantitative estimate of drug-likeness (QED) is 0.885. The van der Waals surface area contributed by atoms with Crippen LogP contribution in [-0.4, -0.2) is 45.9 Å². The third kappa shape index (κ3) is 4.76. The lowest BCUT2D eigenvalue weighted by atomic mass is 10.0. The molecular formula is C18H21N5O2. The molecule has 2 aromatic rings. The number of amides is 3. The van der Waals surface area contributed by atoms with E-state index in [0.717, 1.165) is 18.4 Å². The average molecular weight is 339 g/mol. The van der Waals surface area contributed by atoms with Gasteiger partial charge in [0.1, 0.15) is 0 Å². The Morgan fingerprint density at radius 3 is 2.52 bits per heavy atom. The number of urea groups is 1. The molecule has 0 saturated carbocycles. The molecule has 7 nitrogen and oxygen atoms in total. The number of nitrogens with zero attached hydrogens (tertiary/aromatic N) is 3. The summed E-state index contributed by atoms with van der Waals surface area (Å²) in [6, 6.07) is 7.16. The van der Waals surface area contributed by atoms with Crippen LogP contribution in [0.1, 0.15) is 28.8 Å². The van der Waals surface area contributed by atoms with Crippen molar-refractivity contribution < 1.29 is 9.59 Å². The van der Waals surface area contributed by atoms with Crippen LogP contribution < -0.4 is 10.6 Å². The largest absolute Gasteiger partial charge is 0.349 e. The lowest BCUT2D eigenvalue weighted by molar-refractivity contribution is 0.0917. The average Bonchev–Trinajstić information content (AvgIpc) is 2.68. The van der Waals surface area contributed by atoms with E-state index >= 15 is 0 Å². The molecule has 3 rings (SSSR count). The molecule has 7 heteroatoms. The molecule has 3 heterocycles. The van der Waals surface area contributed by atoms with E-state index in [9.17, 15) is 9.59 Å². The number of nitrogens with one attached hydrogen (secondary N) is 2. The van der Waals surface area contributed by atoms with Gasteiger partial charge in [-0.05, 0) is 36.6 Å². The van der Waals surface area contributed by atoms with E-state index in [0.29, 0.717) is 25.2 Å². The summed E-state index contributed by atoms with van der Waals surface area (Å²) in [4.78, 5) is 34.1. The summed E-state index contributed by atoms with van der Waals surface area (Å²) in [6.45, 7) is 1.71. The van der Waals surface area contributed by atoms with Gasteiger partial charge in [0.25, 0.3) is 5.91 Å². The van der Waals surface area contributed by atoms with Gasteiger partial charge in [0.15, 0.2) is 0 Å². The second-order valence-electron chi connectivity index (χ2n) is 5.99. The Morgan fingerprint density at radius 1 is 1.08 bits per heavy atom. The molecule has 2 N–H and O–H groups in total. The smallest absolute Gasteiger partial charge is 0.317 e. The number of hydrogen-bond donors (Lipinski definition) is 2. The van der Waals surface area contributed by atoms with Crippen LogP contribution >= 0.6 is 0 Å². The Morgan fingerprint density at radius 2 is 1.84 bits per heavy atom. The lowest BCUT2D eigenvalue weighted by Crippen LogP contribution is -2.49. The summed E-state index contributed by atoms with van der Waals surface area (Å²) in [5, 5.41) is 5.92. The minimum atomic E-state index is -0.0955. The maximum absolute atomic E-state index is 12.2. The van der Waals surface area contributed by atoms with Crippen LogP contribution in [0.4, 0.5) is 4.79 Å². The van der Waals surface area contributed by atoms with Gasteiger partial charge in [-0.25, -0.2) is 4.79 Å². The number of aromatic nitrogens is 2. The molecule has 0 unspecified atom stereocenters. The maximum atomic E-state index is 12.2. The van der Waals surface area contributed by atoms with Crippen LogP contribution in [0.15, 0.2) is 49.1 Å². The molecule has 0 aliphatic carbocycles. The zero-order valence-electron chi connectivity index (χ0n) is 13.9. The van der Waals surface area contributed by atoms with Gasteiger partial charge in [-0.1, -0.05) is 6.07 Å². The van der Waals surface area contributed by atoms with Crippen LogP contribution in [0, 0.1) is 0 Å². The highest BCUT2D eigenvalue weighted by Gasteiger charge is 2.24. The van der Waals surface area contributed by atoms with Crippen LogP contribution in [0.5, 0.6) is 0 Å². The summed E-state index contributed by atoms with van der Waals surface area (Å²) in [6.07, 6.45) is 8.14. The topological polar surface area (TPSA) is 87.2 Å². The van der Waals surface area contributed by atoms with Crippen LogP contribution in [0.3, 0.4) is 0 Å². The van der Waals surface area contributed by atoms with Crippen molar-refractivity contribution in [2.45, 2.75) is 25.4 Å². The number of hydrogen-bond acceptors (Lipinski definition) is 4. The third-order valence-corrected chi connectivity index (χ3v) is 4.23. The molecule has 1 aliphatic heterocycles. The van der Waals surface area contributed by atoms with Crippen molar-refractivity contribution >= 4 is 11.9 Å². The van der Waals surface area contributed by atoms with E-state index in [1.807, 2.05) is 12.1 Å². The predicted octanol–water partition coefficient (Wildman–Crippen LogP) is 1.58. The van der Waals surface area contributed by atoms with Gasteiger partial charge in [-0.15, -0.1) is 0 Å². The Labute approximate surface area is 146 Å². The zero-order valence-corrected chi connectivity index (χ0v) is 13.9. The van der Waals surface area contributed by atoms with E-state index in [1.54, 1.807) is 41.8 Å². The Kier molecular flexibility index (Phi) is 5.56. The minimum absolute atomic E-state index is 0.0808. The molecule has 0 aromatic carbocycles. The van der Waals surface area contributed by atoms with E-state index in [2.05, 4.69) is 20.6 Å². The summed E-state index contributed by atoms with van der Waals surface area (Å²) in [5.74, 6) is -0.0955. The molecule has 0 bridgehead atoms. The van der Waals surface area contributed by atoms with Gasteiger partial charge in [-0.2, -0.15) is 0 Å². The molecule has 1 fully saturated rings. The van der Waals surface area contributed by atoms with Gasteiger partial charge in [0.05, 0.1) is 0 Å². The molecule has 0 spiro atoms. The number of likely N-dealkylation sites (tertiary alicyclic amines) is 1. The summed E-state index contributed by atoms with van der Waals surface area (Å²) in [7, 11) is 0. The van der Waals surface area contributed by atoms with E-state index in [-0.39, 0.29) is 18.0 Å². The van der Waals surface area contributed by atoms with E-state index < -0.39 is 0 Å². The fourth-order valence-corrected chi connectivity index (χ4v) is 2.79. The predicted molar refractivity (Wildman–Crippen MR) is 92.8 cm³/mol. The Balaban J connectivity index is 1.42. The van der Waals surface area contributed by atoms with Crippen molar-refractivity contribution in [2.75, 3.05) is 13.1 Å². The van der Waals surface area contributed by atoms with Crippen molar-refractivity contribution in [3.05, 3.63) is 60.2 Å². The molecule has 0 atom stereocenters. The minimum Gasteiger partial charge on any atom is -0.349 e. The maximum Gasteiger partial charge on any atom is 0.317 e. The SMILES string of the molecule is O=C(NC1CCN(C(=O)NCc2cccnc2)CC1)c1ccncc1. The van der Waals surface area contributed by atoms with Gasteiger partial charge >= 0.3 is 6.03 Å². The number of pyridine rings is 2. The molecule has 3 amide bonds. The number of piperidine rings is 1. The highest BCUT2D eigenvalue weighted by molar-refractivity contribution is 5.94. The first kappa shape index (κ1) is 16.9. The van der Waals surface area contributed by atoms with Crippen LogP contribution in [0.25, 0.3) is 0 Å². The number of rotatable bonds is 4. The zero-order chi connectivity index (χ0) is 17.5. The summed E-state index contributed by atoms with van der Waals surface area (Å²) >= 11 is 0. The first-order valence-electron chi connectivity index (χ1n) is 8.35. The summed E-state index contributed by atoms with van der Waals surface area (Å²) in [5.41, 5.74) is 1.57. The van der Waals surface area contributed by atoms with Crippen molar-refractivity contribution in [1.29, 1.82) is 0 Å². The highest BCUT2D eigenvalue weighted by atomic mass is 16.2. The Bertz CT molecular complexity index is 700. The molecule has 1 aliphatic rings. The number of carbonyl (C=O) groups is 2. The molecule has 2 aromatic heterocycles. The number of carbonyl (C=O) groups excluding carboxylic acids is 2. The van der Waals surface area contributed by atoms with Crippen LogP contribution in [-0.2, 0) is 6.54 Å². The van der Waals surface area contributed by atoms with Crippen molar-refractivity contribution in [1.82, 2.24) is 25.5 Å². The molecule has 0 radical (unpaired) electrons. The van der Waals surface area contributed by atoms with Crippen molar-refractivity contribution in [2.24, 2.45) is 0 Å². The van der Waals surface area contributed by atoms with Crippen molar-refractivity contribution in [3.8, 4) is 0 Å². The van der Waals surface area contributed by atoms with E-state index in [4.69, 9.17) is 0 Å². The second kappa shape index (κ2) is 8.23. The summed E-state index contributed by atoms with van der Waals surface area (Å²) < 4.78 is 0. The molecule has 1 saturated heterocycles. The van der Waals surface area contributed by atoms with Gasteiger partial charge < -0.3 is 15.5 Å².